The summed E-state index contributed by atoms with van der Waals surface area (Å²) in [6.07, 6.45) is 1.58. The summed E-state index contributed by atoms with van der Waals surface area (Å²) in [5.41, 5.74) is 7.60. The predicted molar refractivity (Wildman–Crippen MR) is 74.2 cm³/mol. The zero-order valence-electron chi connectivity index (χ0n) is 9.56. The molecule has 0 saturated heterocycles. The average Bonchev–Trinajstić information content (AvgIpc) is 2.41. The van der Waals surface area contributed by atoms with E-state index in [2.05, 4.69) is 26.2 Å². The van der Waals surface area contributed by atoms with Crippen LogP contribution in [-0.4, -0.2) is 10.9 Å². The van der Waals surface area contributed by atoms with Gasteiger partial charge in [0.2, 0.25) is 0 Å². The molecule has 0 fully saturated rings. The smallest absolute Gasteiger partial charge is 0.274 e. The van der Waals surface area contributed by atoms with Crippen molar-refractivity contribution in [2.24, 2.45) is 5.73 Å². The fraction of sp³-hybridized carbons (Fsp3) is 0.0769. The van der Waals surface area contributed by atoms with Crippen molar-refractivity contribution in [1.29, 1.82) is 0 Å². The van der Waals surface area contributed by atoms with Crippen LogP contribution in [0.4, 0.5) is 5.69 Å². The van der Waals surface area contributed by atoms with Gasteiger partial charge in [-0.1, -0.05) is 22.0 Å². The second-order valence-corrected chi connectivity index (χ2v) is 4.59. The van der Waals surface area contributed by atoms with Crippen molar-refractivity contribution in [2.45, 2.75) is 6.54 Å². The van der Waals surface area contributed by atoms with Gasteiger partial charge in [-0.2, -0.15) is 0 Å². The Labute approximate surface area is 113 Å². The Kier molecular flexibility index (Phi) is 4.07. The minimum absolute atomic E-state index is 0.243. The summed E-state index contributed by atoms with van der Waals surface area (Å²) in [5.74, 6) is -0.243. The summed E-state index contributed by atoms with van der Waals surface area (Å²) in [7, 11) is 0. The van der Waals surface area contributed by atoms with Gasteiger partial charge in [0.1, 0.15) is 5.69 Å². The van der Waals surface area contributed by atoms with Crippen LogP contribution in [0.15, 0.2) is 47.1 Å². The minimum atomic E-state index is -0.243. The Morgan fingerprint density at radius 2 is 2.17 bits per heavy atom. The van der Waals surface area contributed by atoms with E-state index in [1.54, 1.807) is 24.4 Å². The Morgan fingerprint density at radius 1 is 1.33 bits per heavy atom. The molecule has 18 heavy (non-hydrogen) atoms. The van der Waals surface area contributed by atoms with E-state index in [1.165, 1.54) is 0 Å². The lowest BCUT2D eigenvalue weighted by molar-refractivity contribution is 0.102. The lowest BCUT2D eigenvalue weighted by atomic mass is 10.1. The maximum absolute atomic E-state index is 11.9. The first-order valence-electron chi connectivity index (χ1n) is 5.41. The third kappa shape index (κ3) is 2.94. The molecule has 0 aliphatic heterocycles. The van der Waals surface area contributed by atoms with Crippen molar-refractivity contribution in [3.05, 3.63) is 58.3 Å². The molecule has 0 aliphatic rings. The van der Waals surface area contributed by atoms with Crippen molar-refractivity contribution in [3.8, 4) is 0 Å². The lowest BCUT2D eigenvalue weighted by Gasteiger charge is -2.09. The molecule has 2 aromatic rings. The van der Waals surface area contributed by atoms with E-state index >= 15 is 0 Å². The molecule has 0 radical (unpaired) electrons. The van der Waals surface area contributed by atoms with Crippen LogP contribution in [0, 0.1) is 0 Å². The number of amides is 1. The molecule has 0 saturated carbocycles. The molecule has 2 rings (SSSR count). The van der Waals surface area contributed by atoms with E-state index in [4.69, 9.17) is 5.73 Å². The maximum Gasteiger partial charge on any atom is 0.274 e. The number of hydrogen-bond donors (Lipinski definition) is 2. The van der Waals surface area contributed by atoms with Gasteiger partial charge in [-0.05, 0) is 35.9 Å². The van der Waals surface area contributed by atoms with Gasteiger partial charge in [-0.25, -0.2) is 0 Å². The standard InChI is InChI=1S/C13H12BrN3O/c14-10-4-5-11(9(7-10)8-15)17-13(18)12-3-1-2-6-16-12/h1-7H,8,15H2,(H,17,18). The third-order valence-electron chi connectivity index (χ3n) is 2.43. The number of benzene rings is 1. The van der Waals surface area contributed by atoms with Crippen LogP contribution in [0.5, 0.6) is 0 Å². The molecule has 4 nitrogen and oxygen atoms in total. The second kappa shape index (κ2) is 5.75. The summed E-state index contributed by atoms with van der Waals surface area (Å²) in [6, 6.07) is 10.7. The number of nitrogens with one attached hydrogen (secondary N) is 1. The van der Waals surface area contributed by atoms with E-state index in [9.17, 15) is 4.79 Å². The molecule has 0 aliphatic carbocycles. The normalized spacial score (nSPS) is 10.1. The monoisotopic (exact) mass is 305 g/mol. The molecule has 3 N–H and O–H groups in total. The van der Waals surface area contributed by atoms with Gasteiger partial charge in [0, 0.05) is 22.9 Å². The van der Waals surface area contributed by atoms with Gasteiger partial charge in [-0.3, -0.25) is 9.78 Å². The highest BCUT2D eigenvalue weighted by Gasteiger charge is 2.09. The summed E-state index contributed by atoms with van der Waals surface area (Å²) in [5, 5.41) is 2.80. The molecule has 0 unspecified atom stereocenters. The zero-order chi connectivity index (χ0) is 13.0. The molecule has 0 spiro atoms. The zero-order valence-corrected chi connectivity index (χ0v) is 11.1. The molecule has 5 heteroatoms. The summed E-state index contributed by atoms with van der Waals surface area (Å²) in [6.45, 7) is 0.358. The fourth-order valence-electron chi connectivity index (χ4n) is 1.54. The number of nitrogens with two attached hydrogens (primary N) is 1. The van der Waals surface area contributed by atoms with Gasteiger partial charge in [0.25, 0.3) is 5.91 Å². The first-order valence-corrected chi connectivity index (χ1v) is 6.21. The average molecular weight is 306 g/mol. The third-order valence-corrected chi connectivity index (χ3v) is 2.93. The highest BCUT2D eigenvalue weighted by molar-refractivity contribution is 9.10. The van der Waals surface area contributed by atoms with Gasteiger partial charge >= 0.3 is 0 Å². The van der Waals surface area contributed by atoms with E-state index in [0.717, 1.165) is 10.0 Å². The number of carbonyl (C=O) groups excluding carboxylic acids is 1. The molecule has 1 amide bonds. The Bertz CT molecular complexity index is 557. The van der Waals surface area contributed by atoms with E-state index in [-0.39, 0.29) is 5.91 Å². The Balaban J connectivity index is 2.22. The first kappa shape index (κ1) is 12.7. The second-order valence-electron chi connectivity index (χ2n) is 3.67. The van der Waals surface area contributed by atoms with Crippen LogP contribution in [0.3, 0.4) is 0 Å². The number of halogens is 1. The minimum Gasteiger partial charge on any atom is -0.326 e. The van der Waals surface area contributed by atoms with E-state index in [0.29, 0.717) is 17.9 Å². The molecule has 1 heterocycles. The van der Waals surface area contributed by atoms with Crippen LogP contribution < -0.4 is 11.1 Å². The van der Waals surface area contributed by atoms with Gasteiger partial charge in [0.05, 0.1) is 0 Å². The Morgan fingerprint density at radius 3 is 2.83 bits per heavy atom. The van der Waals surface area contributed by atoms with Crippen LogP contribution >= 0.6 is 15.9 Å². The number of anilines is 1. The summed E-state index contributed by atoms with van der Waals surface area (Å²) < 4.78 is 0.929. The molecular formula is C13H12BrN3O. The Hall–Kier alpha value is -1.72. The van der Waals surface area contributed by atoms with Crippen molar-refractivity contribution in [1.82, 2.24) is 4.98 Å². The summed E-state index contributed by atoms with van der Waals surface area (Å²) in [4.78, 5) is 15.9. The number of rotatable bonds is 3. The number of pyridine rings is 1. The van der Waals surface area contributed by atoms with Crippen LogP contribution in [0.2, 0.25) is 0 Å². The number of hydrogen-bond acceptors (Lipinski definition) is 3. The number of aromatic nitrogens is 1. The van der Waals surface area contributed by atoms with E-state index < -0.39 is 0 Å². The van der Waals surface area contributed by atoms with Crippen molar-refractivity contribution in [2.75, 3.05) is 5.32 Å². The number of nitrogens with zero attached hydrogens (tertiary/aromatic N) is 1. The first-order chi connectivity index (χ1) is 8.70. The molecule has 92 valence electrons. The van der Waals surface area contributed by atoms with Crippen molar-refractivity contribution < 1.29 is 4.79 Å². The highest BCUT2D eigenvalue weighted by Crippen LogP contribution is 2.21. The fourth-order valence-corrected chi connectivity index (χ4v) is 1.95. The van der Waals surface area contributed by atoms with Crippen LogP contribution in [-0.2, 0) is 6.54 Å². The predicted octanol–water partition coefficient (Wildman–Crippen LogP) is 2.56. The van der Waals surface area contributed by atoms with Crippen molar-refractivity contribution >= 4 is 27.5 Å². The molecule has 1 aromatic heterocycles. The molecular weight excluding hydrogens is 294 g/mol. The molecule has 0 bridgehead atoms. The van der Waals surface area contributed by atoms with Crippen molar-refractivity contribution in [3.63, 3.8) is 0 Å². The SMILES string of the molecule is NCc1cc(Br)ccc1NC(=O)c1ccccn1. The molecule has 1 aromatic carbocycles. The van der Waals surface area contributed by atoms with Gasteiger partial charge in [0.15, 0.2) is 0 Å². The lowest BCUT2D eigenvalue weighted by Crippen LogP contribution is -2.15. The largest absolute Gasteiger partial charge is 0.326 e. The summed E-state index contributed by atoms with van der Waals surface area (Å²) >= 11 is 3.37. The van der Waals surface area contributed by atoms with Gasteiger partial charge in [-0.15, -0.1) is 0 Å². The topological polar surface area (TPSA) is 68.0 Å². The maximum atomic E-state index is 11.9. The quantitative estimate of drug-likeness (QED) is 0.915. The highest BCUT2D eigenvalue weighted by atomic mass is 79.9. The van der Waals surface area contributed by atoms with Gasteiger partial charge < -0.3 is 11.1 Å². The van der Waals surface area contributed by atoms with E-state index in [1.807, 2.05) is 18.2 Å². The van der Waals surface area contributed by atoms with Crippen LogP contribution in [0.1, 0.15) is 16.1 Å². The van der Waals surface area contributed by atoms with Crippen LogP contribution in [0.25, 0.3) is 0 Å². The number of carbonyl (C=O) groups is 1. The molecule has 0 atom stereocenters.